The molecule has 0 aromatic carbocycles. The zero-order chi connectivity index (χ0) is 15.1. The molecule has 0 unspecified atom stereocenters. The molecule has 1 aliphatic heterocycles. The van der Waals surface area contributed by atoms with Crippen LogP contribution in [-0.4, -0.2) is 44.4 Å². The van der Waals surface area contributed by atoms with Crippen LogP contribution in [0.5, 0.6) is 0 Å². The fourth-order valence-corrected chi connectivity index (χ4v) is 4.62. The first-order valence-corrected chi connectivity index (χ1v) is 8.73. The van der Waals surface area contributed by atoms with Crippen LogP contribution in [0.4, 0.5) is 0 Å². The highest BCUT2D eigenvalue weighted by Crippen LogP contribution is 2.26. The highest BCUT2D eigenvalue weighted by Gasteiger charge is 2.28. The molecule has 2 heterocycles. The van der Waals surface area contributed by atoms with Crippen molar-refractivity contribution in [2.45, 2.75) is 37.8 Å². The second-order valence-corrected chi connectivity index (χ2v) is 8.04. The van der Waals surface area contributed by atoms with Gasteiger partial charge in [0.15, 0.2) is 0 Å². The molecular formula is C12H19N3O3S2. The first-order valence-electron chi connectivity index (χ1n) is 6.37. The number of piperazine rings is 1. The van der Waals surface area contributed by atoms with E-state index in [9.17, 15) is 13.2 Å². The summed E-state index contributed by atoms with van der Waals surface area (Å²) in [6.45, 7) is 6.93. The van der Waals surface area contributed by atoms with Crippen molar-refractivity contribution < 1.29 is 13.2 Å². The molecule has 0 aliphatic carbocycles. The van der Waals surface area contributed by atoms with Crippen molar-refractivity contribution in [2.24, 2.45) is 5.14 Å². The number of aryl methyl sites for hydroxylation is 1. The van der Waals surface area contributed by atoms with Crippen molar-refractivity contribution in [2.75, 3.05) is 13.1 Å². The monoisotopic (exact) mass is 317 g/mol. The number of nitrogens with two attached hydrogens (primary N) is 1. The van der Waals surface area contributed by atoms with Crippen molar-refractivity contribution in [3.05, 3.63) is 15.8 Å². The van der Waals surface area contributed by atoms with Crippen LogP contribution in [-0.2, 0) is 10.0 Å². The van der Waals surface area contributed by atoms with Gasteiger partial charge >= 0.3 is 0 Å². The summed E-state index contributed by atoms with van der Waals surface area (Å²) in [5.74, 6) is -0.131. The Morgan fingerprint density at radius 1 is 1.40 bits per heavy atom. The number of rotatable bonds is 2. The smallest absolute Gasteiger partial charge is 0.264 e. The molecule has 112 valence electrons. The second-order valence-electron chi connectivity index (χ2n) is 5.25. The van der Waals surface area contributed by atoms with Crippen LogP contribution >= 0.6 is 11.3 Å². The standard InChI is InChI=1S/C12H19N3O3S2/c1-7-5-15(6-8(2)14-7)12(16)10-4-11(9(3)19-10)20(13,17)18/h4,7-8,14H,5-6H2,1-3H3,(H2,13,17,18)/t7-,8-/m0/s1. The van der Waals surface area contributed by atoms with Crippen molar-refractivity contribution in [1.82, 2.24) is 10.2 Å². The van der Waals surface area contributed by atoms with E-state index < -0.39 is 10.0 Å². The summed E-state index contributed by atoms with van der Waals surface area (Å²) in [5.41, 5.74) is 0. The molecule has 2 atom stereocenters. The summed E-state index contributed by atoms with van der Waals surface area (Å²) in [4.78, 5) is 15.2. The van der Waals surface area contributed by atoms with Gasteiger partial charge in [-0.25, -0.2) is 13.6 Å². The first kappa shape index (κ1) is 15.4. The van der Waals surface area contributed by atoms with Gasteiger partial charge in [0.1, 0.15) is 0 Å². The number of carbonyl (C=O) groups excluding carboxylic acids is 1. The Balaban J connectivity index is 2.26. The minimum absolute atomic E-state index is 0.0436. The lowest BCUT2D eigenvalue weighted by atomic mass is 10.1. The molecule has 2 rings (SSSR count). The fourth-order valence-electron chi connectivity index (χ4n) is 2.50. The minimum atomic E-state index is -3.77. The minimum Gasteiger partial charge on any atom is -0.335 e. The predicted octanol–water partition coefficient (Wildman–Crippen LogP) is 0.526. The van der Waals surface area contributed by atoms with E-state index in [4.69, 9.17) is 5.14 Å². The van der Waals surface area contributed by atoms with Crippen LogP contribution in [0.25, 0.3) is 0 Å². The third-order valence-corrected chi connectivity index (χ3v) is 5.44. The second kappa shape index (κ2) is 5.44. The van der Waals surface area contributed by atoms with Gasteiger partial charge in [-0.3, -0.25) is 4.79 Å². The van der Waals surface area contributed by atoms with Gasteiger partial charge in [0.25, 0.3) is 5.91 Å². The van der Waals surface area contributed by atoms with Crippen molar-refractivity contribution in [3.63, 3.8) is 0 Å². The van der Waals surface area contributed by atoms with E-state index in [1.807, 2.05) is 13.8 Å². The predicted molar refractivity (Wildman–Crippen MR) is 78.4 cm³/mol. The van der Waals surface area contributed by atoms with Crippen molar-refractivity contribution in [3.8, 4) is 0 Å². The Morgan fingerprint density at radius 2 is 1.95 bits per heavy atom. The zero-order valence-electron chi connectivity index (χ0n) is 11.7. The van der Waals surface area contributed by atoms with Gasteiger partial charge in [-0.15, -0.1) is 11.3 Å². The zero-order valence-corrected chi connectivity index (χ0v) is 13.3. The van der Waals surface area contributed by atoms with Gasteiger partial charge in [0, 0.05) is 30.1 Å². The SMILES string of the molecule is Cc1sc(C(=O)N2C[C@H](C)N[C@@H](C)C2)cc1S(N)(=O)=O. The molecular weight excluding hydrogens is 298 g/mol. The normalized spacial score (nSPS) is 23.9. The van der Waals surface area contributed by atoms with E-state index >= 15 is 0 Å². The highest BCUT2D eigenvalue weighted by atomic mass is 32.2. The van der Waals surface area contributed by atoms with Crippen LogP contribution in [0.1, 0.15) is 28.4 Å². The maximum absolute atomic E-state index is 12.5. The topological polar surface area (TPSA) is 92.5 Å². The summed E-state index contributed by atoms with van der Waals surface area (Å²) < 4.78 is 22.8. The molecule has 1 aliphatic rings. The van der Waals surface area contributed by atoms with Gasteiger partial charge in [-0.1, -0.05) is 0 Å². The molecule has 1 fully saturated rings. The summed E-state index contributed by atoms with van der Waals surface area (Å²) in [5, 5.41) is 8.49. The Hall–Kier alpha value is -0.960. The van der Waals surface area contributed by atoms with Crippen molar-refractivity contribution >= 4 is 27.3 Å². The van der Waals surface area contributed by atoms with Crippen LogP contribution in [0.15, 0.2) is 11.0 Å². The van der Waals surface area contributed by atoms with E-state index in [0.717, 1.165) is 0 Å². The third-order valence-electron chi connectivity index (χ3n) is 3.23. The van der Waals surface area contributed by atoms with E-state index in [2.05, 4.69) is 5.32 Å². The number of sulfonamides is 1. The summed E-state index contributed by atoms with van der Waals surface area (Å²) >= 11 is 1.17. The van der Waals surface area contributed by atoms with E-state index in [1.54, 1.807) is 11.8 Å². The fraction of sp³-hybridized carbons (Fsp3) is 0.583. The van der Waals surface area contributed by atoms with Crippen LogP contribution in [0, 0.1) is 6.92 Å². The number of nitrogens with one attached hydrogen (secondary N) is 1. The van der Waals surface area contributed by atoms with E-state index in [-0.39, 0.29) is 22.9 Å². The molecule has 0 spiro atoms. The largest absolute Gasteiger partial charge is 0.335 e. The molecule has 20 heavy (non-hydrogen) atoms. The number of hydrogen-bond donors (Lipinski definition) is 2. The lowest BCUT2D eigenvalue weighted by Gasteiger charge is -2.35. The number of nitrogens with zero attached hydrogens (tertiary/aromatic N) is 1. The summed E-state index contributed by atoms with van der Waals surface area (Å²) in [6, 6.07) is 1.83. The molecule has 1 saturated heterocycles. The Bertz CT molecular complexity index is 614. The quantitative estimate of drug-likeness (QED) is 0.832. The maximum atomic E-state index is 12.5. The molecule has 1 aromatic rings. The number of carbonyl (C=O) groups is 1. The van der Waals surface area contributed by atoms with E-state index in [0.29, 0.717) is 22.8 Å². The molecule has 0 saturated carbocycles. The Kier molecular flexibility index (Phi) is 4.19. The lowest BCUT2D eigenvalue weighted by molar-refractivity contribution is 0.0678. The Labute approximate surface area is 123 Å². The average molecular weight is 317 g/mol. The first-order chi connectivity index (χ1) is 9.18. The third kappa shape index (κ3) is 3.20. The molecule has 3 N–H and O–H groups in total. The molecule has 6 nitrogen and oxygen atoms in total. The maximum Gasteiger partial charge on any atom is 0.264 e. The number of amides is 1. The van der Waals surface area contributed by atoms with Gasteiger partial charge in [0.05, 0.1) is 9.77 Å². The lowest BCUT2D eigenvalue weighted by Crippen LogP contribution is -2.55. The number of thiophene rings is 1. The van der Waals surface area contributed by atoms with Crippen molar-refractivity contribution in [1.29, 1.82) is 0 Å². The number of hydrogen-bond acceptors (Lipinski definition) is 5. The molecule has 1 amide bonds. The molecule has 0 radical (unpaired) electrons. The van der Waals surface area contributed by atoms with E-state index in [1.165, 1.54) is 17.4 Å². The van der Waals surface area contributed by atoms with Crippen LogP contribution in [0.2, 0.25) is 0 Å². The van der Waals surface area contributed by atoms with Crippen LogP contribution in [0.3, 0.4) is 0 Å². The molecule has 1 aromatic heterocycles. The van der Waals surface area contributed by atoms with Crippen LogP contribution < -0.4 is 10.5 Å². The van der Waals surface area contributed by atoms with Gasteiger partial charge in [0.2, 0.25) is 10.0 Å². The Morgan fingerprint density at radius 3 is 2.40 bits per heavy atom. The molecule has 8 heteroatoms. The molecule has 0 bridgehead atoms. The average Bonchev–Trinajstić information content (AvgIpc) is 2.68. The summed E-state index contributed by atoms with van der Waals surface area (Å²) in [7, 11) is -3.77. The van der Waals surface area contributed by atoms with Gasteiger partial charge in [-0.2, -0.15) is 0 Å². The summed E-state index contributed by atoms with van der Waals surface area (Å²) in [6.07, 6.45) is 0. The number of primary sulfonamides is 1. The highest BCUT2D eigenvalue weighted by molar-refractivity contribution is 7.89. The van der Waals surface area contributed by atoms with Gasteiger partial charge in [-0.05, 0) is 26.8 Å². The van der Waals surface area contributed by atoms with Gasteiger partial charge < -0.3 is 10.2 Å².